The summed E-state index contributed by atoms with van der Waals surface area (Å²) in [6.45, 7) is 3.68. The van der Waals surface area contributed by atoms with Crippen molar-refractivity contribution in [2.45, 2.75) is 26.3 Å². The first-order valence-corrected chi connectivity index (χ1v) is 10.1. The van der Waals surface area contributed by atoms with Gasteiger partial charge in [0.25, 0.3) is 11.8 Å². The van der Waals surface area contributed by atoms with Crippen LogP contribution in [0.1, 0.15) is 46.5 Å². The number of fused-ring (bicyclic) bond motifs is 1. The van der Waals surface area contributed by atoms with Crippen molar-refractivity contribution in [3.63, 3.8) is 0 Å². The van der Waals surface area contributed by atoms with Gasteiger partial charge in [-0.25, -0.2) is 4.98 Å². The highest BCUT2D eigenvalue weighted by molar-refractivity contribution is 6.23. The van der Waals surface area contributed by atoms with E-state index in [1.165, 1.54) is 10.9 Å². The molecule has 2 unspecified atom stereocenters. The summed E-state index contributed by atoms with van der Waals surface area (Å²) in [5.41, 5.74) is 0.680. The Labute approximate surface area is 184 Å². The molecule has 0 aliphatic carbocycles. The van der Waals surface area contributed by atoms with Crippen LogP contribution in [0.15, 0.2) is 54.9 Å². The highest BCUT2D eigenvalue weighted by Crippen LogP contribution is 2.29. The third kappa shape index (κ3) is 3.41. The second-order valence-electron chi connectivity index (χ2n) is 7.46. The van der Waals surface area contributed by atoms with Gasteiger partial charge in [-0.3, -0.25) is 19.3 Å². The summed E-state index contributed by atoms with van der Waals surface area (Å²) in [6.07, 6.45) is 3.44. The molecular weight excluding hydrogens is 408 g/mol. The van der Waals surface area contributed by atoms with E-state index in [-0.39, 0.29) is 28.4 Å². The molecule has 1 aromatic carbocycles. The van der Waals surface area contributed by atoms with Crippen molar-refractivity contribution in [2.75, 3.05) is 5.32 Å². The van der Waals surface area contributed by atoms with E-state index in [1.807, 2.05) is 13.0 Å². The highest BCUT2D eigenvalue weighted by Gasteiger charge is 2.44. The molecule has 2 aromatic heterocycles. The fraction of sp³-hybridized carbons (Fsp3) is 0.217. The van der Waals surface area contributed by atoms with Crippen LogP contribution in [0, 0.1) is 17.2 Å². The number of imide groups is 1. The first kappa shape index (κ1) is 20.9. The van der Waals surface area contributed by atoms with Gasteiger partial charge in [-0.05, 0) is 30.2 Å². The molecule has 0 fully saturated rings. The number of anilines is 1. The zero-order valence-corrected chi connectivity index (χ0v) is 17.5. The van der Waals surface area contributed by atoms with Gasteiger partial charge >= 0.3 is 0 Å². The van der Waals surface area contributed by atoms with Gasteiger partial charge in [0.2, 0.25) is 5.91 Å². The van der Waals surface area contributed by atoms with Crippen LogP contribution in [-0.2, 0) is 4.79 Å². The SMILES string of the molecule is CCC(C)C(C(=O)Nc1c(C#N)cnn1-c1ccccn1)N1C(=O)c2ccccc2C1=O. The van der Waals surface area contributed by atoms with Crippen molar-refractivity contribution in [1.82, 2.24) is 19.7 Å². The maximum absolute atomic E-state index is 13.5. The van der Waals surface area contributed by atoms with Crippen molar-refractivity contribution >= 4 is 23.5 Å². The molecule has 1 N–H and O–H groups in total. The summed E-state index contributed by atoms with van der Waals surface area (Å²) in [6, 6.07) is 12.6. The number of hydrogen-bond donors (Lipinski definition) is 1. The minimum Gasteiger partial charge on any atom is -0.308 e. The largest absolute Gasteiger partial charge is 0.308 e. The van der Waals surface area contributed by atoms with Crippen LogP contribution >= 0.6 is 0 Å². The smallest absolute Gasteiger partial charge is 0.262 e. The molecule has 1 aliphatic rings. The molecule has 9 nitrogen and oxygen atoms in total. The molecule has 2 atom stereocenters. The molecule has 0 spiro atoms. The fourth-order valence-electron chi connectivity index (χ4n) is 3.71. The summed E-state index contributed by atoms with van der Waals surface area (Å²) in [7, 11) is 0. The van der Waals surface area contributed by atoms with Gasteiger partial charge in [0, 0.05) is 6.20 Å². The normalized spacial score (nSPS) is 14.6. The van der Waals surface area contributed by atoms with Crippen molar-refractivity contribution in [2.24, 2.45) is 5.92 Å². The molecule has 3 aromatic rings. The Morgan fingerprint density at radius 1 is 1.12 bits per heavy atom. The van der Waals surface area contributed by atoms with Crippen LogP contribution in [-0.4, -0.2) is 43.4 Å². The van der Waals surface area contributed by atoms with E-state index in [4.69, 9.17) is 0 Å². The number of benzene rings is 1. The van der Waals surface area contributed by atoms with E-state index in [0.29, 0.717) is 12.2 Å². The Morgan fingerprint density at radius 3 is 2.34 bits per heavy atom. The molecule has 4 rings (SSSR count). The minimum absolute atomic E-state index is 0.126. The Hall–Kier alpha value is -4.32. The summed E-state index contributed by atoms with van der Waals surface area (Å²) in [4.78, 5) is 44.8. The Morgan fingerprint density at radius 2 is 1.78 bits per heavy atom. The number of carbonyl (C=O) groups is 3. The van der Waals surface area contributed by atoms with Gasteiger partial charge < -0.3 is 5.32 Å². The number of pyridine rings is 1. The zero-order valence-electron chi connectivity index (χ0n) is 17.5. The molecule has 3 amide bonds. The van der Waals surface area contributed by atoms with E-state index < -0.39 is 23.8 Å². The number of amides is 3. The monoisotopic (exact) mass is 428 g/mol. The fourth-order valence-corrected chi connectivity index (χ4v) is 3.71. The van der Waals surface area contributed by atoms with E-state index in [1.54, 1.807) is 55.6 Å². The maximum atomic E-state index is 13.5. The van der Waals surface area contributed by atoms with Gasteiger partial charge in [-0.1, -0.05) is 38.5 Å². The van der Waals surface area contributed by atoms with Gasteiger partial charge in [0.15, 0.2) is 11.6 Å². The number of carbonyl (C=O) groups excluding carboxylic acids is 3. The molecule has 0 bridgehead atoms. The molecule has 1 aliphatic heterocycles. The summed E-state index contributed by atoms with van der Waals surface area (Å²) in [5, 5.41) is 16.4. The third-order valence-corrected chi connectivity index (χ3v) is 5.55. The summed E-state index contributed by atoms with van der Waals surface area (Å²) >= 11 is 0. The van der Waals surface area contributed by atoms with Crippen LogP contribution in [0.25, 0.3) is 5.82 Å². The Balaban J connectivity index is 1.72. The van der Waals surface area contributed by atoms with Crippen molar-refractivity contribution in [1.29, 1.82) is 5.26 Å². The predicted molar refractivity (Wildman–Crippen MR) is 115 cm³/mol. The van der Waals surface area contributed by atoms with Crippen LogP contribution in [0.5, 0.6) is 0 Å². The van der Waals surface area contributed by atoms with E-state index in [0.717, 1.165) is 4.90 Å². The van der Waals surface area contributed by atoms with E-state index >= 15 is 0 Å². The van der Waals surface area contributed by atoms with Gasteiger partial charge in [-0.2, -0.15) is 15.0 Å². The maximum Gasteiger partial charge on any atom is 0.262 e. The lowest BCUT2D eigenvalue weighted by Gasteiger charge is -2.29. The average molecular weight is 428 g/mol. The molecule has 0 radical (unpaired) electrons. The number of nitrogens with zero attached hydrogens (tertiary/aromatic N) is 5. The van der Waals surface area contributed by atoms with Gasteiger partial charge in [-0.15, -0.1) is 0 Å². The Kier molecular flexibility index (Phi) is 5.52. The number of nitriles is 1. The lowest BCUT2D eigenvalue weighted by molar-refractivity contribution is -0.121. The summed E-state index contributed by atoms with van der Waals surface area (Å²) < 4.78 is 1.34. The van der Waals surface area contributed by atoms with Crippen LogP contribution in [0.3, 0.4) is 0 Å². The molecule has 160 valence electrons. The Bertz CT molecular complexity index is 1210. The first-order chi connectivity index (χ1) is 15.5. The van der Waals surface area contributed by atoms with Crippen molar-refractivity contribution in [3.05, 3.63) is 71.5 Å². The second-order valence-corrected chi connectivity index (χ2v) is 7.46. The van der Waals surface area contributed by atoms with Crippen molar-refractivity contribution in [3.8, 4) is 11.9 Å². The van der Waals surface area contributed by atoms with E-state index in [2.05, 4.69) is 15.4 Å². The average Bonchev–Trinajstić information content (AvgIpc) is 3.34. The van der Waals surface area contributed by atoms with Crippen LogP contribution < -0.4 is 5.32 Å². The summed E-state index contributed by atoms with van der Waals surface area (Å²) in [5.74, 6) is -1.39. The third-order valence-electron chi connectivity index (χ3n) is 5.55. The number of nitrogens with one attached hydrogen (secondary N) is 1. The molecule has 32 heavy (non-hydrogen) atoms. The quantitative estimate of drug-likeness (QED) is 0.603. The highest BCUT2D eigenvalue weighted by atomic mass is 16.2. The van der Waals surface area contributed by atoms with Crippen molar-refractivity contribution < 1.29 is 14.4 Å². The number of hydrogen-bond acceptors (Lipinski definition) is 6. The lowest BCUT2D eigenvalue weighted by Crippen LogP contribution is -2.50. The van der Waals surface area contributed by atoms with Crippen LogP contribution in [0.2, 0.25) is 0 Å². The number of aromatic nitrogens is 3. The van der Waals surface area contributed by atoms with Crippen LogP contribution in [0.4, 0.5) is 5.82 Å². The second kappa shape index (κ2) is 8.43. The standard InChI is InChI=1S/C23H20N6O3/c1-3-14(2)19(28-22(31)16-8-4-5-9-17(16)23(28)32)21(30)27-20-15(12-24)13-26-29(20)18-10-6-7-11-25-18/h4-11,13-14,19H,3H2,1-2H3,(H,27,30). The molecule has 0 saturated heterocycles. The minimum atomic E-state index is -1.06. The predicted octanol–water partition coefficient (Wildman–Crippen LogP) is 2.79. The number of rotatable bonds is 6. The lowest BCUT2D eigenvalue weighted by atomic mass is 9.96. The first-order valence-electron chi connectivity index (χ1n) is 10.1. The van der Waals surface area contributed by atoms with Gasteiger partial charge in [0.05, 0.1) is 17.3 Å². The molecular formula is C23H20N6O3. The topological polar surface area (TPSA) is 121 Å². The van der Waals surface area contributed by atoms with E-state index in [9.17, 15) is 19.6 Å². The molecule has 9 heteroatoms. The molecule has 3 heterocycles. The molecule has 0 saturated carbocycles. The van der Waals surface area contributed by atoms with Gasteiger partial charge in [0.1, 0.15) is 17.7 Å². The zero-order chi connectivity index (χ0) is 22.8.